The summed E-state index contributed by atoms with van der Waals surface area (Å²) in [6, 6.07) is 7.89. The first-order valence-electron chi connectivity index (χ1n) is 5.30. The van der Waals surface area contributed by atoms with Crippen LogP contribution in [0.2, 0.25) is 0 Å². The second-order valence-corrected chi connectivity index (χ2v) is 5.49. The summed E-state index contributed by atoms with van der Waals surface area (Å²) >= 11 is 5.58. The molecule has 1 unspecified atom stereocenters. The van der Waals surface area contributed by atoms with E-state index in [-0.39, 0.29) is 11.9 Å². The lowest BCUT2D eigenvalue weighted by Gasteiger charge is -2.16. The van der Waals surface area contributed by atoms with Gasteiger partial charge in [0, 0.05) is 14.9 Å². The van der Waals surface area contributed by atoms with E-state index in [9.17, 15) is 4.79 Å². The highest BCUT2D eigenvalue weighted by molar-refractivity contribution is 14.1. The number of rotatable bonds is 5. The molecule has 0 bridgehead atoms. The Morgan fingerprint density at radius 3 is 2.75 bits per heavy atom. The standard InChI is InChI=1S/C12H15BrINO/c1-2-9(7-8-13)15-12(16)10-5-3-4-6-11(10)14/h3-6,9H,2,7-8H2,1H3,(H,15,16). The van der Waals surface area contributed by atoms with Crippen molar-refractivity contribution >= 4 is 44.4 Å². The summed E-state index contributed by atoms with van der Waals surface area (Å²) in [5, 5.41) is 3.97. The molecule has 0 radical (unpaired) electrons. The van der Waals surface area contributed by atoms with Crippen molar-refractivity contribution in [2.45, 2.75) is 25.8 Å². The third kappa shape index (κ3) is 4.05. The fraction of sp³-hybridized carbons (Fsp3) is 0.417. The minimum Gasteiger partial charge on any atom is -0.349 e. The topological polar surface area (TPSA) is 29.1 Å². The first-order valence-corrected chi connectivity index (χ1v) is 7.50. The molecule has 1 aromatic carbocycles. The zero-order valence-electron chi connectivity index (χ0n) is 9.17. The highest BCUT2D eigenvalue weighted by Crippen LogP contribution is 2.12. The molecule has 0 aliphatic rings. The zero-order chi connectivity index (χ0) is 12.0. The van der Waals surface area contributed by atoms with Crippen molar-refractivity contribution in [3.05, 3.63) is 33.4 Å². The van der Waals surface area contributed by atoms with E-state index in [2.05, 4.69) is 50.8 Å². The van der Waals surface area contributed by atoms with E-state index in [1.165, 1.54) is 0 Å². The Balaban J connectivity index is 2.68. The molecule has 88 valence electrons. The number of halogens is 2. The molecule has 1 N–H and O–H groups in total. The molecule has 0 heterocycles. The molecule has 0 aromatic heterocycles. The van der Waals surface area contributed by atoms with Crippen molar-refractivity contribution in [2.24, 2.45) is 0 Å². The summed E-state index contributed by atoms with van der Waals surface area (Å²) in [5.74, 6) is 0.0257. The number of carbonyl (C=O) groups excluding carboxylic acids is 1. The van der Waals surface area contributed by atoms with Crippen LogP contribution in [-0.2, 0) is 0 Å². The van der Waals surface area contributed by atoms with Crippen molar-refractivity contribution in [3.8, 4) is 0 Å². The Kier molecular flexibility index (Phi) is 6.34. The molecule has 1 aromatic rings. The lowest BCUT2D eigenvalue weighted by Crippen LogP contribution is -2.35. The maximum Gasteiger partial charge on any atom is 0.252 e. The zero-order valence-corrected chi connectivity index (χ0v) is 12.9. The van der Waals surface area contributed by atoms with Gasteiger partial charge in [0.25, 0.3) is 5.91 Å². The fourth-order valence-electron chi connectivity index (χ4n) is 1.42. The van der Waals surface area contributed by atoms with Crippen LogP contribution in [0, 0.1) is 3.57 Å². The monoisotopic (exact) mass is 395 g/mol. The summed E-state index contributed by atoms with van der Waals surface area (Å²) in [7, 11) is 0. The van der Waals surface area contributed by atoms with Crippen LogP contribution in [0.1, 0.15) is 30.1 Å². The second-order valence-electron chi connectivity index (χ2n) is 3.54. The first kappa shape index (κ1) is 14.0. The van der Waals surface area contributed by atoms with Gasteiger partial charge in [-0.3, -0.25) is 4.79 Å². The van der Waals surface area contributed by atoms with Crippen molar-refractivity contribution < 1.29 is 4.79 Å². The molecular weight excluding hydrogens is 381 g/mol. The maximum atomic E-state index is 12.0. The van der Waals surface area contributed by atoms with Crippen LogP contribution in [0.25, 0.3) is 0 Å². The molecule has 4 heteroatoms. The van der Waals surface area contributed by atoms with Crippen LogP contribution in [0.4, 0.5) is 0 Å². The fourth-order valence-corrected chi connectivity index (χ4v) is 2.60. The molecular formula is C12H15BrINO. The molecule has 0 saturated carbocycles. The van der Waals surface area contributed by atoms with E-state index in [1.807, 2.05) is 24.3 Å². The molecule has 1 atom stereocenters. The van der Waals surface area contributed by atoms with Gasteiger partial charge in [0.2, 0.25) is 0 Å². The van der Waals surface area contributed by atoms with Crippen molar-refractivity contribution in [3.63, 3.8) is 0 Å². The number of hydrogen-bond acceptors (Lipinski definition) is 1. The Bertz CT molecular complexity index is 357. The summed E-state index contributed by atoms with van der Waals surface area (Å²) in [5.41, 5.74) is 0.760. The predicted molar refractivity (Wildman–Crippen MR) is 79.1 cm³/mol. The maximum absolute atomic E-state index is 12.0. The predicted octanol–water partition coefficient (Wildman–Crippen LogP) is 3.58. The Labute approximate surface area is 118 Å². The minimum atomic E-state index is 0.0257. The number of alkyl halides is 1. The van der Waals surface area contributed by atoms with Gasteiger partial charge in [0.05, 0.1) is 5.56 Å². The largest absolute Gasteiger partial charge is 0.349 e. The van der Waals surface area contributed by atoms with Gasteiger partial charge in [0.15, 0.2) is 0 Å². The van der Waals surface area contributed by atoms with Gasteiger partial charge < -0.3 is 5.32 Å². The average molecular weight is 396 g/mol. The lowest BCUT2D eigenvalue weighted by molar-refractivity contribution is 0.0934. The van der Waals surface area contributed by atoms with Gasteiger partial charge >= 0.3 is 0 Å². The van der Waals surface area contributed by atoms with Gasteiger partial charge in [0.1, 0.15) is 0 Å². The van der Waals surface area contributed by atoms with Crippen LogP contribution in [0.15, 0.2) is 24.3 Å². The molecule has 0 aliphatic heterocycles. The molecule has 0 saturated heterocycles. The van der Waals surface area contributed by atoms with Crippen LogP contribution < -0.4 is 5.32 Å². The quantitative estimate of drug-likeness (QED) is 0.599. The van der Waals surface area contributed by atoms with E-state index < -0.39 is 0 Å². The summed E-state index contributed by atoms with van der Waals surface area (Å²) in [6.07, 6.45) is 1.92. The number of benzene rings is 1. The van der Waals surface area contributed by atoms with Crippen molar-refractivity contribution in [1.29, 1.82) is 0 Å². The van der Waals surface area contributed by atoms with Crippen LogP contribution in [0.5, 0.6) is 0 Å². The molecule has 2 nitrogen and oxygen atoms in total. The molecule has 0 aliphatic carbocycles. The summed E-state index contributed by atoms with van der Waals surface area (Å²) < 4.78 is 0.992. The lowest BCUT2D eigenvalue weighted by atomic mass is 10.1. The summed E-state index contributed by atoms with van der Waals surface area (Å²) in [4.78, 5) is 12.0. The molecule has 1 amide bonds. The van der Waals surface area contributed by atoms with Crippen LogP contribution >= 0.6 is 38.5 Å². The Hall–Kier alpha value is -0.100. The van der Waals surface area contributed by atoms with Gasteiger partial charge in [-0.25, -0.2) is 0 Å². The van der Waals surface area contributed by atoms with E-state index in [0.29, 0.717) is 0 Å². The van der Waals surface area contributed by atoms with Crippen molar-refractivity contribution in [1.82, 2.24) is 5.32 Å². The first-order chi connectivity index (χ1) is 7.69. The average Bonchev–Trinajstić information content (AvgIpc) is 2.28. The van der Waals surface area contributed by atoms with E-state index in [4.69, 9.17) is 0 Å². The summed E-state index contributed by atoms with van der Waals surface area (Å²) in [6.45, 7) is 2.09. The minimum absolute atomic E-state index is 0.0257. The van der Waals surface area contributed by atoms with E-state index >= 15 is 0 Å². The van der Waals surface area contributed by atoms with Crippen LogP contribution in [-0.4, -0.2) is 17.3 Å². The molecule has 0 fully saturated rings. The molecule has 0 spiro atoms. The molecule has 16 heavy (non-hydrogen) atoms. The normalized spacial score (nSPS) is 12.2. The molecule has 1 rings (SSSR count). The number of nitrogens with one attached hydrogen (secondary N) is 1. The van der Waals surface area contributed by atoms with E-state index in [0.717, 1.165) is 27.3 Å². The number of carbonyl (C=O) groups is 1. The van der Waals surface area contributed by atoms with E-state index in [1.54, 1.807) is 0 Å². The third-order valence-corrected chi connectivity index (χ3v) is 3.80. The smallest absolute Gasteiger partial charge is 0.252 e. The number of hydrogen-bond donors (Lipinski definition) is 1. The van der Waals surface area contributed by atoms with Gasteiger partial charge in [-0.05, 0) is 47.6 Å². The van der Waals surface area contributed by atoms with Crippen LogP contribution in [0.3, 0.4) is 0 Å². The Morgan fingerprint density at radius 2 is 2.19 bits per heavy atom. The SMILES string of the molecule is CCC(CCBr)NC(=O)c1ccccc1I. The Morgan fingerprint density at radius 1 is 1.50 bits per heavy atom. The van der Waals surface area contributed by atoms with Gasteiger partial charge in [-0.1, -0.05) is 35.0 Å². The van der Waals surface area contributed by atoms with Gasteiger partial charge in [-0.15, -0.1) is 0 Å². The second kappa shape index (κ2) is 7.27. The van der Waals surface area contributed by atoms with Gasteiger partial charge in [-0.2, -0.15) is 0 Å². The highest BCUT2D eigenvalue weighted by atomic mass is 127. The highest BCUT2D eigenvalue weighted by Gasteiger charge is 2.13. The number of amides is 1. The third-order valence-electron chi connectivity index (χ3n) is 2.40. The van der Waals surface area contributed by atoms with Crippen molar-refractivity contribution in [2.75, 3.05) is 5.33 Å².